The second-order valence-corrected chi connectivity index (χ2v) is 12.2. The summed E-state index contributed by atoms with van der Waals surface area (Å²) < 4.78 is 4.61. The molecule has 41 heavy (non-hydrogen) atoms. The Morgan fingerprint density at radius 3 is 2.44 bits per heavy atom. The molecule has 6 rings (SSSR count). The van der Waals surface area contributed by atoms with Gasteiger partial charge < -0.3 is 4.90 Å². The summed E-state index contributed by atoms with van der Waals surface area (Å²) in [5, 5.41) is 13.5. The van der Waals surface area contributed by atoms with Crippen molar-refractivity contribution in [3.8, 4) is 11.4 Å². The Morgan fingerprint density at radius 1 is 1.05 bits per heavy atom. The molecule has 1 amide bonds. The molecule has 0 fully saturated rings. The van der Waals surface area contributed by atoms with Gasteiger partial charge in [-0.3, -0.25) is 14.2 Å². The molecule has 1 aliphatic rings. The van der Waals surface area contributed by atoms with Crippen molar-refractivity contribution in [1.29, 1.82) is 0 Å². The normalized spacial score (nSPS) is 15.1. The molecule has 2 aromatic carbocycles. The summed E-state index contributed by atoms with van der Waals surface area (Å²) in [6.07, 6.45) is 4.79. The zero-order chi connectivity index (χ0) is 29.0. The van der Waals surface area contributed by atoms with Crippen molar-refractivity contribution in [2.24, 2.45) is 5.92 Å². The lowest BCUT2D eigenvalue weighted by Crippen LogP contribution is -2.46. The maximum atomic E-state index is 14.3. The van der Waals surface area contributed by atoms with Gasteiger partial charge in [-0.2, -0.15) is 20.1 Å². The van der Waals surface area contributed by atoms with Crippen LogP contribution < -0.4 is 5.56 Å². The lowest BCUT2D eigenvalue weighted by Gasteiger charge is -2.35. The van der Waals surface area contributed by atoms with Crippen molar-refractivity contribution in [2.45, 2.75) is 60.0 Å². The first-order valence-corrected chi connectivity index (χ1v) is 14.6. The van der Waals surface area contributed by atoms with Gasteiger partial charge in [0.05, 0.1) is 41.7 Å². The quantitative estimate of drug-likeness (QED) is 0.271. The molecule has 10 heteroatoms. The fraction of sp³-hybridized carbons (Fsp3) is 0.323. The van der Waals surface area contributed by atoms with Crippen molar-refractivity contribution in [1.82, 2.24) is 34.1 Å². The molecule has 0 radical (unpaired) electrons. The van der Waals surface area contributed by atoms with Crippen LogP contribution in [-0.2, 0) is 19.4 Å². The van der Waals surface area contributed by atoms with Gasteiger partial charge in [-0.15, -0.1) is 0 Å². The van der Waals surface area contributed by atoms with E-state index in [2.05, 4.69) is 40.0 Å². The molecule has 210 valence electrons. The lowest BCUT2D eigenvalue weighted by molar-refractivity contribution is 0.0651. The minimum atomic E-state index is -0.153. The number of hydrogen-bond donors (Lipinski definition) is 0. The Labute approximate surface area is 246 Å². The van der Waals surface area contributed by atoms with Crippen LogP contribution in [0.4, 0.5) is 0 Å². The van der Waals surface area contributed by atoms with Crippen LogP contribution in [0.5, 0.6) is 0 Å². The lowest BCUT2D eigenvalue weighted by atomic mass is 9.97. The van der Waals surface area contributed by atoms with Gasteiger partial charge >= 0.3 is 0 Å². The summed E-state index contributed by atoms with van der Waals surface area (Å²) >= 11 is 3.52. The van der Waals surface area contributed by atoms with E-state index in [0.29, 0.717) is 30.0 Å². The van der Waals surface area contributed by atoms with E-state index in [1.165, 1.54) is 0 Å². The van der Waals surface area contributed by atoms with Crippen LogP contribution in [0, 0.1) is 19.8 Å². The number of nitrogens with zero attached hydrogens (tertiary/aromatic N) is 7. The Hall–Kier alpha value is -4.05. The maximum Gasteiger partial charge on any atom is 0.261 e. The van der Waals surface area contributed by atoms with Crippen molar-refractivity contribution >= 4 is 27.5 Å². The fourth-order valence-electron chi connectivity index (χ4n) is 5.62. The average molecular weight is 615 g/mol. The SMILES string of the molecule is Cc1cnn(-c2ccc(-n3c(=O)c4c(n5ncc(CC(C)C)c35)CN(C(=O)c3ccc(Br)c(C)c3)[C@H](C)C4)cc2)n1. The molecule has 0 saturated heterocycles. The molecule has 0 saturated carbocycles. The van der Waals surface area contributed by atoms with Gasteiger partial charge in [0.15, 0.2) is 0 Å². The monoisotopic (exact) mass is 613 g/mol. The fourth-order valence-corrected chi connectivity index (χ4v) is 5.87. The van der Waals surface area contributed by atoms with Gasteiger partial charge in [0, 0.05) is 27.2 Å². The Kier molecular flexibility index (Phi) is 6.89. The summed E-state index contributed by atoms with van der Waals surface area (Å²) in [4.78, 5) is 31.4. The van der Waals surface area contributed by atoms with Gasteiger partial charge in [-0.1, -0.05) is 29.8 Å². The van der Waals surface area contributed by atoms with E-state index < -0.39 is 0 Å². The predicted molar refractivity (Wildman–Crippen MR) is 161 cm³/mol. The third-order valence-electron chi connectivity index (χ3n) is 7.68. The number of amides is 1. The maximum absolute atomic E-state index is 14.3. The smallest absolute Gasteiger partial charge is 0.261 e. The van der Waals surface area contributed by atoms with E-state index in [1.54, 1.807) is 15.6 Å². The van der Waals surface area contributed by atoms with Crippen LogP contribution >= 0.6 is 15.9 Å². The Morgan fingerprint density at radius 2 is 1.78 bits per heavy atom. The molecule has 1 atom stereocenters. The molecular formula is C31H32BrN7O2. The van der Waals surface area contributed by atoms with Crippen molar-refractivity contribution in [3.05, 3.63) is 103 Å². The molecule has 5 aromatic rings. The van der Waals surface area contributed by atoms with E-state index in [1.807, 2.05) is 78.8 Å². The summed E-state index contributed by atoms with van der Waals surface area (Å²) in [7, 11) is 0. The average Bonchev–Trinajstić information content (AvgIpc) is 3.56. The van der Waals surface area contributed by atoms with Crippen molar-refractivity contribution < 1.29 is 4.79 Å². The summed E-state index contributed by atoms with van der Waals surface area (Å²) in [5.41, 5.74) is 7.14. The number of halogens is 1. The molecule has 1 aliphatic heterocycles. The number of carbonyl (C=O) groups excluding carboxylic acids is 1. The van der Waals surface area contributed by atoms with Gasteiger partial charge in [0.1, 0.15) is 5.65 Å². The molecule has 9 nitrogen and oxygen atoms in total. The second kappa shape index (κ2) is 10.4. The van der Waals surface area contributed by atoms with E-state index in [0.717, 1.165) is 50.4 Å². The second-order valence-electron chi connectivity index (χ2n) is 11.3. The van der Waals surface area contributed by atoms with Crippen LogP contribution in [0.2, 0.25) is 0 Å². The predicted octanol–water partition coefficient (Wildman–Crippen LogP) is 5.23. The van der Waals surface area contributed by atoms with Crippen molar-refractivity contribution in [2.75, 3.05) is 0 Å². The van der Waals surface area contributed by atoms with Crippen LogP contribution in [0.3, 0.4) is 0 Å². The van der Waals surface area contributed by atoms with E-state index >= 15 is 0 Å². The summed E-state index contributed by atoms with van der Waals surface area (Å²) in [6, 6.07) is 13.2. The number of rotatable bonds is 5. The van der Waals surface area contributed by atoms with Crippen LogP contribution in [0.15, 0.2) is 64.1 Å². The Bertz CT molecular complexity index is 1850. The van der Waals surface area contributed by atoms with E-state index in [-0.39, 0.29) is 17.5 Å². The number of fused-ring (bicyclic) bond motifs is 3. The van der Waals surface area contributed by atoms with Crippen LogP contribution in [0.1, 0.15) is 59.2 Å². The minimum Gasteiger partial charge on any atom is -0.330 e. The number of carbonyl (C=O) groups is 1. The molecule has 0 unspecified atom stereocenters. The first-order chi connectivity index (χ1) is 19.6. The molecule has 0 bridgehead atoms. The standard InChI is InChI=1S/C31H32BrN7O2/c1-18(2)12-23-16-33-38-28-17-36(30(40)22-6-11-27(32)19(3)13-22)21(5)14-26(28)31(41)37(29(23)38)24-7-9-25(10-8-24)39-34-15-20(4)35-39/h6-11,13,15-16,18,21H,12,14,17H2,1-5H3/t21-/m1/s1. The van der Waals surface area contributed by atoms with Gasteiger partial charge in [-0.25, -0.2) is 4.52 Å². The van der Waals surface area contributed by atoms with Gasteiger partial charge in [0.25, 0.3) is 11.5 Å². The van der Waals surface area contributed by atoms with Crippen molar-refractivity contribution in [3.63, 3.8) is 0 Å². The largest absolute Gasteiger partial charge is 0.330 e. The summed E-state index contributed by atoms with van der Waals surface area (Å²) in [5.74, 6) is 0.321. The minimum absolute atomic E-state index is 0.0521. The highest BCUT2D eigenvalue weighted by molar-refractivity contribution is 9.10. The zero-order valence-corrected chi connectivity index (χ0v) is 25.4. The molecule has 3 aromatic heterocycles. The number of aryl methyl sites for hydroxylation is 2. The highest BCUT2D eigenvalue weighted by Gasteiger charge is 2.33. The highest BCUT2D eigenvalue weighted by Crippen LogP contribution is 2.28. The highest BCUT2D eigenvalue weighted by atomic mass is 79.9. The third kappa shape index (κ3) is 4.80. The number of hydrogen-bond acceptors (Lipinski definition) is 5. The third-order valence-corrected chi connectivity index (χ3v) is 8.57. The van der Waals surface area contributed by atoms with Gasteiger partial charge in [-0.05, 0) is 87.6 Å². The van der Waals surface area contributed by atoms with Crippen LogP contribution in [0.25, 0.3) is 17.0 Å². The number of benzene rings is 2. The van der Waals surface area contributed by atoms with E-state index in [9.17, 15) is 9.59 Å². The van der Waals surface area contributed by atoms with E-state index in [4.69, 9.17) is 5.10 Å². The molecule has 0 spiro atoms. The summed E-state index contributed by atoms with van der Waals surface area (Å²) in [6.45, 7) is 10.5. The molecule has 4 heterocycles. The Balaban J connectivity index is 1.48. The number of aromatic nitrogens is 6. The molecular weight excluding hydrogens is 582 g/mol. The molecule has 0 aliphatic carbocycles. The first kappa shape index (κ1) is 27.1. The zero-order valence-electron chi connectivity index (χ0n) is 23.8. The molecule has 0 N–H and O–H groups in total. The van der Waals surface area contributed by atoms with Crippen LogP contribution in [-0.4, -0.2) is 46.0 Å². The van der Waals surface area contributed by atoms with Gasteiger partial charge in [0.2, 0.25) is 0 Å². The first-order valence-electron chi connectivity index (χ1n) is 13.8. The topological polar surface area (TPSA) is 90.3 Å².